The third-order valence-corrected chi connectivity index (χ3v) is 2.83. The van der Waals surface area contributed by atoms with Gasteiger partial charge in [0.05, 0.1) is 23.8 Å². The summed E-state index contributed by atoms with van der Waals surface area (Å²) in [4.78, 5) is 10.1. The molecule has 0 bridgehead atoms. The number of hydrogen-bond donors (Lipinski definition) is 1. The predicted octanol–water partition coefficient (Wildman–Crippen LogP) is 2.87. The topological polar surface area (TPSA) is 64.4 Å². The van der Waals surface area contributed by atoms with E-state index >= 15 is 0 Å². The van der Waals surface area contributed by atoms with E-state index in [0.717, 1.165) is 18.9 Å². The lowest BCUT2D eigenvalue weighted by Crippen LogP contribution is -2.16. The standard InChI is InChI=1S/C12H13FN2O3/c1-18-12-7-10(14-8-4-2-3-5-8)9(13)6-11(12)15(16)17/h2-3,6-8,14H,4-5H2,1H3. The van der Waals surface area contributed by atoms with Crippen LogP contribution in [-0.2, 0) is 0 Å². The molecule has 0 aromatic heterocycles. The lowest BCUT2D eigenvalue weighted by atomic mass is 10.2. The summed E-state index contributed by atoms with van der Waals surface area (Å²) < 4.78 is 18.6. The molecular weight excluding hydrogens is 239 g/mol. The van der Waals surface area contributed by atoms with E-state index in [2.05, 4.69) is 5.32 Å². The van der Waals surface area contributed by atoms with Crippen LogP contribution in [0.2, 0.25) is 0 Å². The van der Waals surface area contributed by atoms with Crippen LogP contribution in [0.5, 0.6) is 5.75 Å². The second kappa shape index (κ2) is 5.03. The summed E-state index contributed by atoms with van der Waals surface area (Å²) in [5.41, 5.74) is -0.142. The monoisotopic (exact) mass is 252 g/mol. The van der Waals surface area contributed by atoms with Gasteiger partial charge in [0.15, 0.2) is 11.6 Å². The molecule has 1 aliphatic carbocycles. The molecule has 96 valence electrons. The summed E-state index contributed by atoms with van der Waals surface area (Å²) in [6.45, 7) is 0. The predicted molar refractivity (Wildman–Crippen MR) is 65.4 cm³/mol. The van der Waals surface area contributed by atoms with Crippen molar-refractivity contribution >= 4 is 11.4 Å². The second-order valence-corrected chi connectivity index (χ2v) is 4.05. The first kappa shape index (κ1) is 12.3. The van der Waals surface area contributed by atoms with Crippen molar-refractivity contribution in [2.24, 2.45) is 0 Å². The van der Waals surface area contributed by atoms with Crippen LogP contribution < -0.4 is 10.1 Å². The van der Waals surface area contributed by atoms with Crippen molar-refractivity contribution in [3.05, 3.63) is 40.2 Å². The third kappa shape index (κ3) is 2.42. The normalized spacial score (nSPS) is 14.8. The van der Waals surface area contributed by atoms with Crippen LogP contribution in [0.3, 0.4) is 0 Å². The average Bonchev–Trinajstić information content (AvgIpc) is 2.83. The number of nitro groups is 1. The van der Waals surface area contributed by atoms with E-state index in [0.29, 0.717) is 0 Å². The minimum atomic E-state index is -0.664. The molecule has 0 saturated carbocycles. The van der Waals surface area contributed by atoms with Crippen molar-refractivity contribution in [1.82, 2.24) is 0 Å². The Morgan fingerprint density at radius 1 is 1.44 bits per heavy atom. The maximum absolute atomic E-state index is 13.7. The lowest BCUT2D eigenvalue weighted by molar-refractivity contribution is -0.385. The maximum atomic E-state index is 13.7. The molecule has 18 heavy (non-hydrogen) atoms. The largest absolute Gasteiger partial charge is 0.490 e. The molecule has 1 aromatic rings. The molecular formula is C12H13FN2O3. The zero-order valence-electron chi connectivity index (χ0n) is 9.85. The molecule has 1 aromatic carbocycles. The Bertz CT molecular complexity index is 494. The molecule has 1 N–H and O–H groups in total. The smallest absolute Gasteiger partial charge is 0.313 e. The molecule has 2 rings (SSSR count). The number of rotatable bonds is 4. The highest BCUT2D eigenvalue weighted by atomic mass is 19.1. The molecule has 5 nitrogen and oxygen atoms in total. The van der Waals surface area contributed by atoms with Gasteiger partial charge in [0.1, 0.15) is 0 Å². The summed E-state index contributed by atoms with van der Waals surface area (Å²) in [5, 5.41) is 13.7. The van der Waals surface area contributed by atoms with Crippen molar-refractivity contribution in [2.45, 2.75) is 18.9 Å². The number of anilines is 1. The van der Waals surface area contributed by atoms with Gasteiger partial charge in [0.25, 0.3) is 0 Å². The molecule has 0 spiro atoms. The Balaban J connectivity index is 2.27. The molecule has 0 unspecified atom stereocenters. The zero-order chi connectivity index (χ0) is 13.1. The van der Waals surface area contributed by atoms with Crippen LogP contribution >= 0.6 is 0 Å². The second-order valence-electron chi connectivity index (χ2n) is 4.05. The number of hydrogen-bond acceptors (Lipinski definition) is 4. The number of halogens is 1. The highest BCUT2D eigenvalue weighted by molar-refractivity contribution is 5.59. The van der Waals surface area contributed by atoms with E-state index in [9.17, 15) is 14.5 Å². The van der Waals surface area contributed by atoms with Gasteiger partial charge in [-0.15, -0.1) is 0 Å². The van der Waals surface area contributed by atoms with Gasteiger partial charge in [0, 0.05) is 12.1 Å². The van der Waals surface area contributed by atoms with E-state index in [1.165, 1.54) is 13.2 Å². The number of nitro benzene ring substituents is 1. The molecule has 6 heteroatoms. The fraction of sp³-hybridized carbons (Fsp3) is 0.333. The first-order valence-corrected chi connectivity index (χ1v) is 5.55. The first-order chi connectivity index (χ1) is 8.61. The maximum Gasteiger partial charge on any atom is 0.313 e. The van der Waals surface area contributed by atoms with E-state index < -0.39 is 10.7 Å². The van der Waals surface area contributed by atoms with Crippen molar-refractivity contribution in [2.75, 3.05) is 12.4 Å². The lowest BCUT2D eigenvalue weighted by Gasteiger charge is -2.15. The van der Waals surface area contributed by atoms with Crippen LogP contribution in [0.1, 0.15) is 12.8 Å². The fourth-order valence-corrected chi connectivity index (χ4v) is 1.91. The number of ether oxygens (including phenoxy) is 1. The molecule has 0 atom stereocenters. The molecule has 0 heterocycles. The molecule has 0 saturated heterocycles. The number of benzene rings is 1. The highest BCUT2D eigenvalue weighted by Gasteiger charge is 2.20. The minimum absolute atomic E-state index is 0.0508. The minimum Gasteiger partial charge on any atom is -0.490 e. The summed E-state index contributed by atoms with van der Waals surface area (Å²) >= 11 is 0. The van der Waals surface area contributed by atoms with Gasteiger partial charge < -0.3 is 10.1 Å². The Kier molecular flexibility index (Phi) is 3.45. The molecule has 0 amide bonds. The van der Waals surface area contributed by atoms with Crippen LogP contribution in [-0.4, -0.2) is 18.1 Å². The third-order valence-electron chi connectivity index (χ3n) is 2.83. The number of nitrogens with zero attached hydrogens (tertiary/aromatic N) is 1. The van der Waals surface area contributed by atoms with Gasteiger partial charge in [-0.05, 0) is 12.8 Å². The van der Waals surface area contributed by atoms with E-state index in [1.807, 2.05) is 12.2 Å². The molecule has 0 radical (unpaired) electrons. The zero-order valence-corrected chi connectivity index (χ0v) is 9.85. The summed E-state index contributed by atoms with van der Waals surface area (Å²) in [6, 6.07) is 2.33. The quantitative estimate of drug-likeness (QED) is 0.508. The van der Waals surface area contributed by atoms with Crippen LogP contribution in [0.25, 0.3) is 0 Å². The van der Waals surface area contributed by atoms with Crippen molar-refractivity contribution in [3.63, 3.8) is 0 Å². The summed E-state index contributed by atoms with van der Waals surface area (Å²) in [5.74, 6) is -0.593. The fourth-order valence-electron chi connectivity index (χ4n) is 1.91. The summed E-state index contributed by atoms with van der Waals surface area (Å²) in [7, 11) is 1.32. The molecule has 0 fully saturated rings. The van der Waals surface area contributed by atoms with Crippen molar-refractivity contribution < 1.29 is 14.1 Å². The van der Waals surface area contributed by atoms with Gasteiger partial charge in [-0.25, -0.2) is 4.39 Å². The van der Waals surface area contributed by atoms with E-state index in [-0.39, 0.29) is 23.2 Å². The highest BCUT2D eigenvalue weighted by Crippen LogP contribution is 2.33. The van der Waals surface area contributed by atoms with Gasteiger partial charge in [-0.2, -0.15) is 0 Å². The van der Waals surface area contributed by atoms with Crippen molar-refractivity contribution in [3.8, 4) is 5.75 Å². The Hall–Kier alpha value is -2.11. The van der Waals surface area contributed by atoms with E-state index in [4.69, 9.17) is 4.74 Å². The van der Waals surface area contributed by atoms with Gasteiger partial charge >= 0.3 is 5.69 Å². The van der Waals surface area contributed by atoms with Gasteiger partial charge in [0.2, 0.25) is 0 Å². The van der Waals surface area contributed by atoms with Crippen LogP contribution in [0, 0.1) is 15.9 Å². The molecule has 1 aliphatic rings. The van der Waals surface area contributed by atoms with Crippen LogP contribution in [0.15, 0.2) is 24.3 Å². The first-order valence-electron chi connectivity index (χ1n) is 5.55. The van der Waals surface area contributed by atoms with Crippen LogP contribution in [0.4, 0.5) is 15.8 Å². The number of nitrogens with one attached hydrogen (secondary N) is 1. The van der Waals surface area contributed by atoms with Gasteiger partial charge in [-0.3, -0.25) is 10.1 Å². The summed E-state index contributed by atoms with van der Waals surface area (Å²) in [6.07, 6.45) is 5.66. The van der Waals surface area contributed by atoms with Crippen molar-refractivity contribution in [1.29, 1.82) is 0 Å². The number of methoxy groups -OCH3 is 1. The Morgan fingerprint density at radius 3 is 2.67 bits per heavy atom. The molecule has 0 aliphatic heterocycles. The van der Waals surface area contributed by atoms with Gasteiger partial charge in [-0.1, -0.05) is 12.2 Å². The SMILES string of the molecule is COc1cc(NC2CC=CC2)c(F)cc1[N+](=O)[O-]. The van der Waals surface area contributed by atoms with E-state index in [1.54, 1.807) is 0 Å². The Morgan fingerprint density at radius 2 is 2.11 bits per heavy atom. The Labute approximate surface area is 103 Å². The average molecular weight is 252 g/mol.